The lowest BCUT2D eigenvalue weighted by molar-refractivity contribution is -0.137. The maximum atomic E-state index is 13.0. The summed E-state index contributed by atoms with van der Waals surface area (Å²) in [6.45, 7) is 5.45. The van der Waals surface area contributed by atoms with Gasteiger partial charge in [0.2, 0.25) is 0 Å². The van der Waals surface area contributed by atoms with Crippen LogP contribution in [0.3, 0.4) is 0 Å². The fourth-order valence-electron chi connectivity index (χ4n) is 6.63. The Balaban J connectivity index is 0.939. The smallest absolute Gasteiger partial charge is 0.416 e. The lowest BCUT2D eigenvalue weighted by Gasteiger charge is -2.37. The van der Waals surface area contributed by atoms with E-state index < -0.39 is 17.3 Å². The molecule has 11 heteroatoms. The van der Waals surface area contributed by atoms with Gasteiger partial charge in [0, 0.05) is 75.3 Å². The number of halogens is 4. The molecular formula is C35H38ClF3N4O3. The fourth-order valence-corrected chi connectivity index (χ4v) is 6.84. The highest BCUT2D eigenvalue weighted by molar-refractivity contribution is 6.30. The van der Waals surface area contributed by atoms with Gasteiger partial charge in [0.15, 0.2) is 0 Å². The maximum absolute atomic E-state index is 13.0. The molecule has 0 saturated carbocycles. The molecule has 3 aliphatic rings. The zero-order chi connectivity index (χ0) is 32.3. The maximum Gasteiger partial charge on any atom is 0.416 e. The van der Waals surface area contributed by atoms with Gasteiger partial charge in [-0.1, -0.05) is 48.0 Å². The van der Waals surface area contributed by atoms with E-state index >= 15 is 0 Å². The Morgan fingerprint density at radius 3 is 2.11 bits per heavy atom. The Labute approximate surface area is 272 Å². The van der Waals surface area contributed by atoms with Crippen LogP contribution in [-0.4, -0.2) is 71.1 Å². The van der Waals surface area contributed by atoms with E-state index in [0.717, 1.165) is 60.8 Å². The molecule has 46 heavy (non-hydrogen) atoms. The summed E-state index contributed by atoms with van der Waals surface area (Å²) >= 11 is 6.12. The van der Waals surface area contributed by atoms with Crippen molar-refractivity contribution in [3.63, 3.8) is 0 Å². The van der Waals surface area contributed by atoms with Crippen LogP contribution in [0.5, 0.6) is 0 Å². The van der Waals surface area contributed by atoms with Crippen LogP contribution < -0.4 is 5.32 Å². The molecule has 0 atom stereocenters. The number of hydrogen-bond donors (Lipinski definition) is 1. The van der Waals surface area contributed by atoms with Crippen LogP contribution in [0.1, 0.15) is 58.3 Å². The van der Waals surface area contributed by atoms with Crippen LogP contribution in [0.25, 0.3) is 0 Å². The molecule has 0 bridgehead atoms. The van der Waals surface area contributed by atoms with Crippen LogP contribution >= 0.6 is 11.6 Å². The van der Waals surface area contributed by atoms with Gasteiger partial charge in [-0.05, 0) is 65.9 Å². The minimum absolute atomic E-state index is 0.0950. The molecule has 3 aromatic carbocycles. The number of ether oxygens (including phenoxy) is 1. The lowest BCUT2D eigenvalue weighted by atomic mass is 9.91. The minimum atomic E-state index is -4.34. The summed E-state index contributed by atoms with van der Waals surface area (Å²) in [4.78, 5) is 32.0. The molecule has 1 N–H and O–H groups in total. The van der Waals surface area contributed by atoms with Crippen molar-refractivity contribution in [1.82, 2.24) is 20.0 Å². The van der Waals surface area contributed by atoms with E-state index in [1.165, 1.54) is 17.7 Å². The zero-order valence-electron chi connectivity index (χ0n) is 25.6. The number of nitrogens with zero attached hydrogens (tertiary/aromatic N) is 3. The highest BCUT2D eigenvalue weighted by Crippen LogP contribution is 2.35. The van der Waals surface area contributed by atoms with Crippen LogP contribution in [0.4, 0.5) is 18.0 Å². The number of amides is 2. The summed E-state index contributed by atoms with van der Waals surface area (Å²) in [7, 11) is 0. The third kappa shape index (κ3) is 8.03. The van der Waals surface area contributed by atoms with Crippen molar-refractivity contribution in [1.29, 1.82) is 0 Å². The van der Waals surface area contributed by atoms with Crippen molar-refractivity contribution in [2.45, 2.75) is 63.1 Å². The first-order chi connectivity index (χ1) is 22.0. The first-order valence-electron chi connectivity index (χ1n) is 15.8. The van der Waals surface area contributed by atoms with E-state index in [1.807, 2.05) is 30.3 Å². The monoisotopic (exact) mass is 654 g/mol. The minimum Gasteiger partial charge on any atom is -0.441 e. The summed E-state index contributed by atoms with van der Waals surface area (Å²) in [5.41, 5.74) is 2.30. The lowest BCUT2D eigenvalue weighted by Crippen LogP contribution is -2.46. The molecule has 3 aromatic rings. The Bertz CT molecular complexity index is 1520. The van der Waals surface area contributed by atoms with Gasteiger partial charge in [-0.25, -0.2) is 4.79 Å². The summed E-state index contributed by atoms with van der Waals surface area (Å²) in [5.74, 6) is -0.0950. The number of alkyl halides is 3. The molecule has 3 saturated heterocycles. The molecule has 0 unspecified atom stereocenters. The van der Waals surface area contributed by atoms with E-state index in [0.29, 0.717) is 51.1 Å². The second-order valence-corrected chi connectivity index (χ2v) is 13.2. The first kappa shape index (κ1) is 32.3. The summed E-state index contributed by atoms with van der Waals surface area (Å²) in [5, 5.41) is 3.91. The molecule has 3 aliphatic heterocycles. The van der Waals surface area contributed by atoms with Crippen molar-refractivity contribution in [2.24, 2.45) is 0 Å². The molecule has 0 aromatic heterocycles. The van der Waals surface area contributed by atoms with E-state index in [4.69, 9.17) is 16.3 Å². The molecular weight excluding hydrogens is 617 g/mol. The molecule has 244 valence electrons. The number of hydrogen-bond acceptors (Lipinski definition) is 5. The van der Waals surface area contributed by atoms with E-state index in [9.17, 15) is 22.8 Å². The van der Waals surface area contributed by atoms with Gasteiger partial charge < -0.3 is 10.1 Å². The van der Waals surface area contributed by atoms with Gasteiger partial charge in [0.25, 0.3) is 5.91 Å². The van der Waals surface area contributed by atoms with Crippen molar-refractivity contribution >= 4 is 23.6 Å². The normalized spacial score (nSPS) is 19.4. The van der Waals surface area contributed by atoms with Gasteiger partial charge in [-0.2, -0.15) is 13.2 Å². The molecule has 6 rings (SSSR count). The molecule has 0 radical (unpaired) electrons. The standard InChI is InChI=1S/C35H38ClF3N4O3/c36-30-3-1-2-27(20-30)22-41-16-12-31(13-17-41)40-32(44)28-8-4-26(5-9-28)23-43-24-34(46-33(43)45)14-18-42(19-15-34)21-25-6-10-29(11-7-25)35(37,38)39/h1-11,20,31H,12-19,21-24H2,(H,40,44). The van der Waals surface area contributed by atoms with Crippen molar-refractivity contribution in [2.75, 3.05) is 32.7 Å². The quantitative estimate of drug-likeness (QED) is 0.292. The highest BCUT2D eigenvalue weighted by atomic mass is 35.5. The largest absolute Gasteiger partial charge is 0.441 e. The number of likely N-dealkylation sites (tertiary alicyclic amines) is 2. The van der Waals surface area contributed by atoms with Gasteiger partial charge >= 0.3 is 12.3 Å². The van der Waals surface area contributed by atoms with E-state index in [2.05, 4.69) is 21.2 Å². The highest BCUT2D eigenvalue weighted by Gasteiger charge is 2.46. The van der Waals surface area contributed by atoms with E-state index in [-0.39, 0.29) is 18.0 Å². The number of benzene rings is 3. The van der Waals surface area contributed by atoms with Crippen LogP contribution in [0, 0.1) is 0 Å². The molecule has 0 aliphatic carbocycles. The fraction of sp³-hybridized carbons (Fsp3) is 0.429. The molecule has 3 heterocycles. The average molecular weight is 655 g/mol. The topological polar surface area (TPSA) is 65.1 Å². The number of rotatable bonds is 8. The Kier molecular flexibility index (Phi) is 9.59. The van der Waals surface area contributed by atoms with Crippen molar-refractivity contribution < 1.29 is 27.5 Å². The third-order valence-electron chi connectivity index (χ3n) is 9.30. The van der Waals surface area contributed by atoms with Gasteiger partial charge in [-0.15, -0.1) is 0 Å². The molecule has 7 nitrogen and oxygen atoms in total. The van der Waals surface area contributed by atoms with Crippen LogP contribution in [0.2, 0.25) is 5.02 Å². The second-order valence-electron chi connectivity index (χ2n) is 12.7. The van der Waals surface area contributed by atoms with Crippen LogP contribution in [-0.2, 0) is 30.5 Å². The third-order valence-corrected chi connectivity index (χ3v) is 9.54. The SMILES string of the molecule is O=C(NC1CCN(Cc2cccc(Cl)c2)CC1)c1ccc(CN2CC3(CCN(Cc4ccc(C(F)(F)F)cc4)CC3)OC2=O)cc1. The Morgan fingerprint density at radius 1 is 0.848 bits per heavy atom. The van der Waals surface area contributed by atoms with Gasteiger partial charge in [0.05, 0.1) is 12.1 Å². The summed E-state index contributed by atoms with van der Waals surface area (Å²) in [6.07, 6.45) is -1.60. The van der Waals surface area contributed by atoms with Crippen LogP contribution in [0.15, 0.2) is 72.8 Å². The Hall–Kier alpha value is -3.60. The number of carbonyl (C=O) groups is 2. The van der Waals surface area contributed by atoms with Gasteiger partial charge in [0.1, 0.15) is 5.60 Å². The number of nitrogens with one attached hydrogen (secondary N) is 1. The average Bonchev–Trinajstić information content (AvgIpc) is 3.33. The Morgan fingerprint density at radius 2 is 1.46 bits per heavy atom. The molecule has 2 amide bonds. The predicted octanol–water partition coefficient (Wildman–Crippen LogP) is 6.74. The number of piperidine rings is 2. The number of carbonyl (C=O) groups excluding carboxylic acids is 2. The van der Waals surface area contributed by atoms with E-state index in [1.54, 1.807) is 17.0 Å². The van der Waals surface area contributed by atoms with Gasteiger partial charge in [-0.3, -0.25) is 19.5 Å². The van der Waals surface area contributed by atoms with Crippen molar-refractivity contribution in [3.05, 3.63) is 106 Å². The second kappa shape index (κ2) is 13.6. The molecule has 1 spiro atoms. The zero-order valence-corrected chi connectivity index (χ0v) is 26.3. The molecule has 3 fully saturated rings. The predicted molar refractivity (Wildman–Crippen MR) is 169 cm³/mol. The summed E-state index contributed by atoms with van der Waals surface area (Å²) in [6, 6.07) is 20.7. The summed E-state index contributed by atoms with van der Waals surface area (Å²) < 4.78 is 44.5. The van der Waals surface area contributed by atoms with Crippen molar-refractivity contribution in [3.8, 4) is 0 Å². The first-order valence-corrected chi connectivity index (χ1v) is 16.1.